The van der Waals surface area contributed by atoms with Crippen molar-refractivity contribution in [1.82, 2.24) is 14.3 Å². The summed E-state index contributed by atoms with van der Waals surface area (Å²) in [6.45, 7) is 0. The molecule has 0 unspecified atom stereocenters. The number of hydrogen-bond acceptors (Lipinski definition) is 3. The molecule has 0 radical (unpaired) electrons. The topological polar surface area (TPSA) is 63.6 Å². The molecule has 1 aliphatic rings. The van der Waals surface area contributed by atoms with Crippen molar-refractivity contribution in [2.45, 2.75) is 25.3 Å². The fraction of sp³-hybridized carbons (Fsp3) is 0.211. The van der Waals surface area contributed by atoms with E-state index >= 15 is 0 Å². The average molecular weight is 334 g/mol. The first-order valence-corrected chi connectivity index (χ1v) is 8.10. The summed E-state index contributed by atoms with van der Waals surface area (Å²) >= 11 is 0. The van der Waals surface area contributed by atoms with Gasteiger partial charge in [0.15, 0.2) is 0 Å². The van der Waals surface area contributed by atoms with E-state index in [1.165, 1.54) is 22.9 Å². The number of hydrogen-bond donors (Lipinski definition) is 0. The zero-order chi connectivity index (χ0) is 17.4. The van der Waals surface area contributed by atoms with Crippen molar-refractivity contribution in [2.75, 3.05) is 0 Å². The lowest BCUT2D eigenvalue weighted by Crippen LogP contribution is -2.26. The summed E-state index contributed by atoms with van der Waals surface area (Å²) in [7, 11) is 0. The molecule has 0 saturated heterocycles. The fourth-order valence-corrected chi connectivity index (χ4v) is 3.37. The van der Waals surface area contributed by atoms with Gasteiger partial charge in [-0.3, -0.25) is 4.57 Å². The first-order valence-electron chi connectivity index (χ1n) is 8.10. The van der Waals surface area contributed by atoms with Crippen molar-refractivity contribution in [3.63, 3.8) is 0 Å². The molecule has 0 saturated carbocycles. The van der Waals surface area contributed by atoms with Gasteiger partial charge < -0.3 is 0 Å². The van der Waals surface area contributed by atoms with Crippen molar-refractivity contribution in [2.24, 2.45) is 0 Å². The number of halogens is 1. The molecule has 1 aromatic heterocycles. The van der Waals surface area contributed by atoms with Gasteiger partial charge in [0.2, 0.25) is 0 Å². The maximum Gasteiger partial charge on any atom is 0.351 e. The molecule has 4 rings (SSSR count). The van der Waals surface area contributed by atoms with Crippen LogP contribution in [-0.2, 0) is 12.8 Å². The highest BCUT2D eigenvalue weighted by atomic mass is 19.1. The van der Waals surface area contributed by atoms with Gasteiger partial charge >= 0.3 is 5.69 Å². The van der Waals surface area contributed by atoms with Crippen molar-refractivity contribution in [3.8, 4) is 11.8 Å². The van der Waals surface area contributed by atoms with Gasteiger partial charge in [-0.15, -0.1) is 5.10 Å². The van der Waals surface area contributed by atoms with Crippen LogP contribution in [0.4, 0.5) is 4.39 Å². The Morgan fingerprint density at radius 3 is 2.80 bits per heavy atom. The van der Waals surface area contributed by atoms with Crippen molar-refractivity contribution < 1.29 is 4.39 Å². The lowest BCUT2D eigenvalue weighted by molar-refractivity contribution is 0.586. The molecule has 0 amide bonds. The average Bonchev–Trinajstić information content (AvgIpc) is 3.19. The number of rotatable bonds is 3. The molecular weight excluding hydrogens is 319 g/mol. The van der Waals surface area contributed by atoms with Gasteiger partial charge in [-0.25, -0.2) is 9.18 Å². The lowest BCUT2D eigenvalue weighted by Gasteiger charge is -2.12. The maximum atomic E-state index is 13.8. The van der Waals surface area contributed by atoms with Gasteiger partial charge in [-0.2, -0.15) is 9.94 Å². The molecule has 0 fully saturated rings. The summed E-state index contributed by atoms with van der Waals surface area (Å²) in [5.41, 5.74) is 1.58. The lowest BCUT2D eigenvalue weighted by atomic mass is 10.1. The SMILES string of the molecule is N#CCc1cc(-n2nc3n(c2=O)[C@H](c2ccccc2)CC3)ccc1F. The molecule has 6 heteroatoms. The van der Waals surface area contributed by atoms with E-state index in [4.69, 9.17) is 5.26 Å². The zero-order valence-electron chi connectivity index (χ0n) is 13.4. The molecular formula is C19H15FN4O. The van der Waals surface area contributed by atoms with Crippen LogP contribution in [0.3, 0.4) is 0 Å². The van der Waals surface area contributed by atoms with E-state index in [0.717, 1.165) is 17.8 Å². The van der Waals surface area contributed by atoms with E-state index in [1.54, 1.807) is 4.57 Å². The van der Waals surface area contributed by atoms with Gasteiger partial charge in [0.1, 0.15) is 11.6 Å². The van der Waals surface area contributed by atoms with Crippen molar-refractivity contribution >= 4 is 0 Å². The van der Waals surface area contributed by atoms with E-state index in [9.17, 15) is 9.18 Å². The third-order valence-electron chi connectivity index (χ3n) is 4.56. The standard InChI is InChI=1S/C19H15FN4O/c20-16-7-6-15(12-14(16)10-11-21)24-19(25)23-17(8-9-18(23)22-24)13-4-2-1-3-5-13/h1-7,12,17H,8-10H2/t17-/m0/s1. The Labute approximate surface area is 143 Å². The Kier molecular flexibility index (Phi) is 3.69. The minimum atomic E-state index is -0.452. The molecule has 0 N–H and O–H groups in total. The third kappa shape index (κ3) is 2.54. The molecule has 2 aromatic carbocycles. The Morgan fingerprint density at radius 1 is 1.24 bits per heavy atom. The predicted molar refractivity (Wildman–Crippen MR) is 90.0 cm³/mol. The highest BCUT2D eigenvalue weighted by molar-refractivity contribution is 5.37. The number of fused-ring (bicyclic) bond motifs is 1. The predicted octanol–water partition coefficient (Wildman–Crippen LogP) is 2.77. The van der Waals surface area contributed by atoms with Crippen LogP contribution >= 0.6 is 0 Å². The molecule has 0 spiro atoms. The van der Waals surface area contributed by atoms with Crippen LogP contribution < -0.4 is 5.69 Å². The summed E-state index contributed by atoms with van der Waals surface area (Å²) in [6.07, 6.45) is 1.51. The van der Waals surface area contributed by atoms with E-state index in [-0.39, 0.29) is 23.7 Å². The summed E-state index contributed by atoms with van der Waals surface area (Å²) in [4.78, 5) is 12.9. The van der Waals surface area contributed by atoms with Crippen LogP contribution in [-0.4, -0.2) is 14.3 Å². The number of aromatic nitrogens is 3. The summed E-state index contributed by atoms with van der Waals surface area (Å²) < 4.78 is 16.8. The van der Waals surface area contributed by atoms with Gasteiger partial charge in [0.25, 0.3) is 0 Å². The Bertz CT molecular complexity index is 1030. The molecule has 1 aliphatic heterocycles. The molecule has 25 heavy (non-hydrogen) atoms. The van der Waals surface area contributed by atoms with Crippen LogP contribution in [0.15, 0.2) is 53.3 Å². The summed E-state index contributed by atoms with van der Waals surface area (Å²) in [5.74, 6) is 0.275. The first kappa shape index (κ1) is 15.3. The molecule has 5 nitrogen and oxygen atoms in total. The van der Waals surface area contributed by atoms with Gasteiger partial charge in [0.05, 0.1) is 24.2 Å². The minimum absolute atomic E-state index is 0.0310. The number of nitriles is 1. The summed E-state index contributed by atoms with van der Waals surface area (Å²) in [6, 6.07) is 16.1. The zero-order valence-corrected chi connectivity index (χ0v) is 13.4. The van der Waals surface area contributed by atoms with Gasteiger partial charge in [-0.05, 0) is 30.2 Å². The van der Waals surface area contributed by atoms with Crippen molar-refractivity contribution in [3.05, 3.63) is 81.8 Å². The van der Waals surface area contributed by atoms with E-state index in [2.05, 4.69) is 5.10 Å². The van der Waals surface area contributed by atoms with Crippen molar-refractivity contribution in [1.29, 1.82) is 5.26 Å². The molecule has 0 bridgehead atoms. The maximum absolute atomic E-state index is 13.8. The molecule has 2 heterocycles. The molecule has 1 atom stereocenters. The smallest absolute Gasteiger partial charge is 0.271 e. The van der Waals surface area contributed by atoms with Gasteiger partial charge in [0, 0.05) is 12.0 Å². The quantitative estimate of drug-likeness (QED) is 0.740. The van der Waals surface area contributed by atoms with E-state index in [1.807, 2.05) is 36.4 Å². The molecule has 3 aromatic rings. The highest BCUT2D eigenvalue weighted by Crippen LogP contribution is 2.29. The Hall–Kier alpha value is -3.20. The van der Waals surface area contributed by atoms with Crippen LogP contribution in [0.2, 0.25) is 0 Å². The second-order valence-electron chi connectivity index (χ2n) is 6.06. The van der Waals surface area contributed by atoms with Crippen LogP contribution in [0.25, 0.3) is 5.69 Å². The minimum Gasteiger partial charge on any atom is -0.271 e. The second kappa shape index (κ2) is 6.02. The monoisotopic (exact) mass is 334 g/mol. The number of nitrogens with zero attached hydrogens (tertiary/aromatic N) is 4. The molecule has 124 valence electrons. The number of aryl methyl sites for hydroxylation is 1. The summed E-state index contributed by atoms with van der Waals surface area (Å²) in [5, 5.41) is 13.2. The van der Waals surface area contributed by atoms with E-state index < -0.39 is 5.82 Å². The van der Waals surface area contributed by atoms with Crippen LogP contribution in [0.5, 0.6) is 0 Å². The normalized spacial score (nSPS) is 15.8. The van der Waals surface area contributed by atoms with Crippen LogP contribution in [0, 0.1) is 17.1 Å². The highest BCUT2D eigenvalue weighted by Gasteiger charge is 2.29. The third-order valence-corrected chi connectivity index (χ3v) is 4.56. The van der Waals surface area contributed by atoms with Crippen LogP contribution in [0.1, 0.15) is 29.4 Å². The molecule has 0 aliphatic carbocycles. The first-order chi connectivity index (χ1) is 12.2. The Balaban J connectivity index is 1.79. The second-order valence-corrected chi connectivity index (χ2v) is 6.06. The van der Waals surface area contributed by atoms with E-state index in [0.29, 0.717) is 12.1 Å². The largest absolute Gasteiger partial charge is 0.351 e. The van der Waals surface area contributed by atoms with Gasteiger partial charge in [-0.1, -0.05) is 30.3 Å². The fourth-order valence-electron chi connectivity index (χ4n) is 3.37. The Morgan fingerprint density at radius 2 is 2.04 bits per heavy atom. The number of benzene rings is 2.